The quantitative estimate of drug-likeness (QED) is 0.924. The zero-order chi connectivity index (χ0) is 13.9. The van der Waals surface area contributed by atoms with E-state index in [4.69, 9.17) is 16.3 Å². The highest BCUT2D eigenvalue weighted by atomic mass is 35.5. The summed E-state index contributed by atoms with van der Waals surface area (Å²) in [6.07, 6.45) is 3.98. The van der Waals surface area contributed by atoms with Crippen molar-refractivity contribution in [3.05, 3.63) is 28.8 Å². The van der Waals surface area contributed by atoms with Gasteiger partial charge >= 0.3 is 0 Å². The van der Waals surface area contributed by atoms with Gasteiger partial charge in [0.1, 0.15) is 5.75 Å². The summed E-state index contributed by atoms with van der Waals surface area (Å²) < 4.78 is 5.46. The maximum absolute atomic E-state index is 6.36. The van der Waals surface area contributed by atoms with Crippen LogP contribution in [0.3, 0.4) is 0 Å². The fourth-order valence-electron chi connectivity index (χ4n) is 3.09. The van der Waals surface area contributed by atoms with Gasteiger partial charge in [-0.1, -0.05) is 17.7 Å². The first-order chi connectivity index (χ1) is 9.78. The predicted octanol–water partition coefficient (Wildman–Crippen LogP) is 2.92. The molecule has 20 heavy (non-hydrogen) atoms. The zero-order valence-corrected chi connectivity index (χ0v) is 12.8. The van der Waals surface area contributed by atoms with Crippen molar-refractivity contribution in [2.45, 2.75) is 31.8 Å². The van der Waals surface area contributed by atoms with Crippen molar-refractivity contribution in [1.82, 2.24) is 10.2 Å². The number of halogens is 1. The molecule has 1 aromatic carbocycles. The molecular formula is C16H23ClN2O. The van der Waals surface area contributed by atoms with Gasteiger partial charge in [0.2, 0.25) is 0 Å². The van der Waals surface area contributed by atoms with Crippen molar-refractivity contribution < 1.29 is 4.74 Å². The van der Waals surface area contributed by atoms with Crippen molar-refractivity contribution in [1.29, 1.82) is 0 Å². The number of hydrogen-bond donors (Lipinski definition) is 1. The maximum Gasteiger partial charge on any atom is 0.124 e. The Kier molecular flexibility index (Phi) is 4.49. The lowest BCUT2D eigenvalue weighted by atomic mass is 10.1. The Morgan fingerprint density at radius 1 is 1.40 bits per heavy atom. The van der Waals surface area contributed by atoms with Crippen LogP contribution < -0.4 is 10.1 Å². The smallest absolute Gasteiger partial charge is 0.124 e. The summed E-state index contributed by atoms with van der Waals surface area (Å²) in [6.45, 7) is 4.27. The highest BCUT2D eigenvalue weighted by molar-refractivity contribution is 6.31. The van der Waals surface area contributed by atoms with Gasteiger partial charge in [-0.15, -0.1) is 0 Å². The van der Waals surface area contributed by atoms with Crippen LogP contribution in [0.2, 0.25) is 5.02 Å². The molecule has 0 bridgehead atoms. The van der Waals surface area contributed by atoms with E-state index < -0.39 is 0 Å². The monoisotopic (exact) mass is 294 g/mol. The molecule has 110 valence electrons. The second-order valence-corrected chi connectivity index (χ2v) is 6.31. The van der Waals surface area contributed by atoms with Crippen LogP contribution in [0.4, 0.5) is 0 Å². The first kappa shape index (κ1) is 14.2. The summed E-state index contributed by atoms with van der Waals surface area (Å²) in [6, 6.07) is 6.55. The molecule has 4 heteroatoms. The number of methoxy groups -OCH3 is 1. The fraction of sp³-hybridized carbons (Fsp3) is 0.625. The van der Waals surface area contributed by atoms with Crippen molar-refractivity contribution in [3.63, 3.8) is 0 Å². The third kappa shape index (κ3) is 3.27. The lowest BCUT2D eigenvalue weighted by Crippen LogP contribution is -2.39. The van der Waals surface area contributed by atoms with E-state index in [1.807, 2.05) is 18.2 Å². The van der Waals surface area contributed by atoms with Gasteiger partial charge in [0, 0.05) is 29.7 Å². The van der Waals surface area contributed by atoms with Crippen molar-refractivity contribution in [2.24, 2.45) is 5.92 Å². The number of nitrogens with zero attached hydrogens (tertiary/aromatic N) is 1. The highest BCUT2D eigenvalue weighted by Gasteiger charge is 2.33. The number of hydrogen-bond acceptors (Lipinski definition) is 3. The topological polar surface area (TPSA) is 24.5 Å². The molecule has 1 unspecified atom stereocenters. The molecule has 3 rings (SSSR count). The minimum absolute atomic E-state index is 0.658. The first-order valence-electron chi connectivity index (χ1n) is 7.55. The van der Waals surface area contributed by atoms with Crippen LogP contribution >= 0.6 is 11.6 Å². The number of ether oxygens (including phenoxy) is 1. The van der Waals surface area contributed by atoms with Crippen LogP contribution in [0.5, 0.6) is 5.75 Å². The summed E-state index contributed by atoms with van der Waals surface area (Å²) >= 11 is 6.36. The largest absolute Gasteiger partial charge is 0.496 e. The van der Waals surface area contributed by atoms with Crippen LogP contribution in [-0.4, -0.2) is 37.7 Å². The molecule has 1 saturated heterocycles. The predicted molar refractivity (Wildman–Crippen MR) is 82.4 cm³/mol. The zero-order valence-electron chi connectivity index (χ0n) is 12.1. The van der Waals surface area contributed by atoms with Crippen LogP contribution in [0.15, 0.2) is 18.2 Å². The maximum atomic E-state index is 6.36. The number of benzene rings is 1. The Morgan fingerprint density at radius 2 is 2.25 bits per heavy atom. The molecule has 2 fully saturated rings. The van der Waals surface area contributed by atoms with Crippen LogP contribution in [0.1, 0.15) is 24.8 Å². The second-order valence-electron chi connectivity index (χ2n) is 5.91. The van der Waals surface area contributed by atoms with E-state index >= 15 is 0 Å². The molecule has 2 aliphatic rings. The Morgan fingerprint density at radius 3 is 3.00 bits per heavy atom. The SMILES string of the molecule is COc1cccc(Cl)c1CN1CCCNC(C2CC2)C1. The molecule has 1 heterocycles. The van der Waals surface area contributed by atoms with Gasteiger partial charge in [-0.2, -0.15) is 0 Å². The van der Waals surface area contributed by atoms with Gasteiger partial charge in [-0.05, 0) is 50.4 Å². The molecule has 0 radical (unpaired) electrons. The third-order valence-electron chi connectivity index (χ3n) is 4.38. The molecule has 1 aliphatic heterocycles. The minimum Gasteiger partial charge on any atom is -0.496 e. The van der Waals surface area contributed by atoms with Crippen molar-refractivity contribution in [3.8, 4) is 5.75 Å². The molecule has 0 aromatic heterocycles. The van der Waals surface area contributed by atoms with E-state index in [2.05, 4.69) is 10.2 Å². The van der Waals surface area contributed by atoms with Gasteiger partial charge in [-0.3, -0.25) is 4.90 Å². The highest BCUT2D eigenvalue weighted by Crippen LogP contribution is 2.34. The molecule has 1 aliphatic carbocycles. The summed E-state index contributed by atoms with van der Waals surface area (Å²) in [7, 11) is 1.71. The van der Waals surface area contributed by atoms with E-state index in [0.29, 0.717) is 6.04 Å². The van der Waals surface area contributed by atoms with E-state index in [0.717, 1.165) is 48.4 Å². The fourth-order valence-corrected chi connectivity index (χ4v) is 3.31. The van der Waals surface area contributed by atoms with Crippen LogP contribution in [-0.2, 0) is 6.54 Å². The van der Waals surface area contributed by atoms with Crippen LogP contribution in [0, 0.1) is 5.92 Å². The van der Waals surface area contributed by atoms with E-state index in [9.17, 15) is 0 Å². The average molecular weight is 295 g/mol. The molecule has 1 aromatic rings. The summed E-state index contributed by atoms with van der Waals surface area (Å²) in [5, 5.41) is 4.51. The molecule has 0 spiro atoms. The van der Waals surface area contributed by atoms with E-state index in [1.54, 1.807) is 7.11 Å². The van der Waals surface area contributed by atoms with Gasteiger partial charge in [0.25, 0.3) is 0 Å². The first-order valence-corrected chi connectivity index (χ1v) is 7.93. The molecule has 0 amide bonds. The van der Waals surface area contributed by atoms with Gasteiger partial charge in [-0.25, -0.2) is 0 Å². The Balaban J connectivity index is 1.72. The number of rotatable bonds is 4. The van der Waals surface area contributed by atoms with Crippen LogP contribution in [0.25, 0.3) is 0 Å². The summed E-state index contributed by atoms with van der Waals surface area (Å²) in [5.41, 5.74) is 1.12. The second kappa shape index (κ2) is 6.33. The van der Waals surface area contributed by atoms with Crippen molar-refractivity contribution in [2.75, 3.05) is 26.7 Å². The minimum atomic E-state index is 0.658. The average Bonchev–Trinajstić information content (AvgIpc) is 3.27. The third-order valence-corrected chi connectivity index (χ3v) is 4.74. The number of nitrogens with one attached hydrogen (secondary N) is 1. The Labute approximate surface area is 126 Å². The molecule has 1 N–H and O–H groups in total. The lowest BCUT2D eigenvalue weighted by molar-refractivity contribution is 0.247. The summed E-state index contributed by atoms with van der Waals surface area (Å²) in [5.74, 6) is 1.79. The standard InChI is InChI=1S/C16H23ClN2O/c1-20-16-5-2-4-14(17)13(16)10-19-9-3-8-18-15(11-19)12-6-7-12/h2,4-5,12,15,18H,3,6-11H2,1H3. The van der Waals surface area contributed by atoms with Crippen molar-refractivity contribution >= 4 is 11.6 Å². The Bertz CT molecular complexity index is 462. The van der Waals surface area contributed by atoms with Gasteiger partial charge in [0.15, 0.2) is 0 Å². The Hall–Kier alpha value is -0.770. The lowest BCUT2D eigenvalue weighted by Gasteiger charge is -2.25. The summed E-state index contributed by atoms with van der Waals surface area (Å²) in [4.78, 5) is 2.52. The van der Waals surface area contributed by atoms with E-state index in [-0.39, 0.29) is 0 Å². The molecular weight excluding hydrogens is 272 g/mol. The van der Waals surface area contributed by atoms with E-state index in [1.165, 1.54) is 19.3 Å². The molecule has 1 atom stereocenters. The molecule has 1 saturated carbocycles. The van der Waals surface area contributed by atoms with Gasteiger partial charge in [0.05, 0.1) is 7.11 Å². The van der Waals surface area contributed by atoms with Gasteiger partial charge < -0.3 is 10.1 Å². The normalized spacial score (nSPS) is 24.4. The molecule has 3 nitrogen and oxygen atoms in total.